The monoisotopic (exact) mass is 433 g/mol. The normalized spacial score (nSPS) is 13.6. The van der Waals surface area contributed by atoms with Crippen LogP contribution < -0.4 is 5.32 Å². The van der Waals surface area contributed by atoms with Crippen molar-refractivity contribution in [2.45, 2.75) is 56.6 Å². The quantitative estimate of drug-likeness (QED) is 0.400. The Labute approximate surface area is 186 Å². The first-order chi connectivity index (χ1) is 15.0. The minimum atomic E-state index is -0.290. The van der Waals surface area contributed by atoms with E-state index in [1.807, 2.05) is 62.4 Å². The fraction of sp³-hybridized carbons (Fsp3) is 0.333. The van der Waals surface area contributed by atoms with E-state index in [9.17, 15) is 4.79 Å². The van der Waals surface area contributed by atoms with Crippen LogP contribution in [-0.2, 0) is 4.79 Å². The SMILES string of the molecule is CC[C@H](Sc1nnc2c3ccccc3n(C(C)C)c2n1)C(=O)N[C@@H](C)c1ccccc1. The van der Waals surface area contributed by atoms with Gasteiger partial charge in [0.05, 0.1) is 16.8 Å². The van der Waals surface area contributed by atoms with E-state index in [0.717, 1.165) is 27.6 Å². The van der Waals surface area contributed by atoms with Gasteiger partial charge in [0.15, 0.2) is 5.65 Å². The lowest BCUT2D eigenvalue weighted by Gasteiger charge is -2.19. The molecule has 0 saturated carbocycles. The van der Waals surface area contributed by atoms with Crippen LogP contribution in [0.3, 0.4) is 0 Å². The number of carbonyl (C=O) groups excluding carboxylic acids is 1. The fourth-order valence-corrected chi connectivity index (χ4v) is 4.62. The molecule has 4 aromatic rings. The van der Waals surface area contributed by atoms with Crippen molar-refractivity contribution >= 4 is 39.7 Å². The molecule has 0 saturated heterocycles. The second-order valence-electron chi connectivity index (χ2n) is 7.90. The first-order valence-electron chi connectivity index (χ1n) is 10.6. The van der Waals surface area contributed by atoms with Gasteiger partial charge in [-0.2, -0.15) is 0 Å². The molecule has 0 fully saturated rings. The van der Waals surface area contributed by atoms with Crippen LogP contribution in [0.15, 0.2) is 59.8 Å². The summed E-state index contributed by atoms with van der Waals surface area (Å²) in [4.78, 5) is 17.7. The highest BCUT2D eigenvalue weighted by Crippen LogP contribution is 2.31. The van der Waals surface area contributed by atoms with Crippen LogP contribution in [0.2, 0.25) is 0 Å². The van der Waals surface area contributed by atoms with E-state index in [1.54, 1.807) is 0 Å². The molecule has 2 atom stereocenters. The van der Waals surface area contributed by atoms with Crippen molar-refractivity contribution in [3.8, 4) is 0 Å². The highest BCUT2D eigenvalue weighted by atomic mass is 32.2. The van der Waals surface area contributed by atoms with Gasteiger partial charge in [-0.1, -0.05) is 67.2 Å². The summed E-state index contributed by atoms with van der Waals surface area (Å²) >= 11 is 1.37. The number of fused-ring (bicyclic) bond motifs is 3. The van der Waals surface area contributed by atoms with Crippen LogP contribution in [0, 0.1) is 0 Å². The molecule has 160 valence electrons. The average Bonchev–Trinajstić information content (AvgIpc) is 3.11. The minimum Gasteiger partial charge on any atom is -0.349 e. The van der Waals surface area contributed by atoms with Crippen molar-refractivity contribution < 1.29 is 4.79 Å². The van der Waals surface area contributed by atoms with Crippen LogP contribution in [0.5, 0.6) is 0 Å². The molecule has 0 aliphatic rings. The first kappa shape index (κ1) is 21.3. The van der Waals surface area contributed by atoms with Gasteiger partial charge in [-0.05, 0) is 38.8 Å². The van der Waals surface area contributed by atoms with Crippen molar-refractivity contribution in [1.29, 1.82) is 0 Å². The van der Waals surface area contributed by atoms with E-state index < -0.39 is 0 Å². The Bertz CT molecular complexity index is 1200. The maximum Gasteiger partial charge on any atom is 0.234 e. The number of amides is 1. The second kappa shape index (κ2) is 9.06. The van der Waals surface area contributed by atoms with Crippen molar-refractivity contribution in [3.05, 3.63) is 60.2 Å². The number of carbonyl (C=O) groups is 1. The lowest BCUT2D eigenvalue weighted by molar-refractivity contribution is -0.121. The average molecular weight is 434 g/mol. The Morgan fingerprint density at radius 3 is 2.45 bits per heavy atom. The Morgan fingerprint density at radius 2 is 1.74 bits per heavy atom. The summed E-state index contributed by atoms with van der Waals surface area (Å²) in [6, 6.07) is 18.3. The highest BCUT2D eigenvalue weighted by Gasteiger charge is 2.23. The standard InChI is InChI=1S/C24H27N5OS/c1-5-20(23(30)25-16(4)17-11-7-6-8-12-17)31-24-26-22-21(27-28-24)18-13-9-10-14-19(18)29(22)15(2)3/h6-16,20H,5H2,1-4H3,(H,25,30)/t16-,20-/m0/s1. The molecule has 2 aromatic carbocycles. The van der Waals surface area contributed by atoms with Gasteiger partial charge in [0.2, 0.25) is 11.1 Å². The van der Waals surface area contributed by atoms with E-state index in [1.165, 1.54) is 11.8 Å². The zero-order chi connectivity index (χ0) is 22.0. The lowest BCUT2D eigenvalue weighted by Crippen LogP contribution is -2.34. The fourth-order valence-electron chi connectivity index (χ4n) is 3.80. The molecule has 6 nitrogen and oxygen atoms in total. The topological polar surface area (TPSA) is 72.7 Å². The molecule has 4 rings (SSSR count). The van der Waals surface area contributed by atoms with Gasteiger partial charge in [-0.3, -0.25) is 4.79 Å². The number of benzene rings is 2. The van der Waals surface area contributed by atoms with Crippen LogP contribution in [0.25, 0.3) is 22.1 Å². The van der Waals surface area contributed by atoms with E-state index in [-0.39, 0.29) is 23.2 Å². The highest BCUT2D eigenvalue weighted by molar-refractivity contribution is 8.00. The molecule has 0 aliphatic carbocycles. The molecule has 0 unspecified atom stereocenters. The van der Waals surface area contributed by atoms with Gasteiger partial charge >= 0.3 is 0 Å². The largest absolute Gasteiger partial charge is 0.349 e. The Hall–Kier alpha value is -2.93. The van der Waals surface area contributed by atoms with Crippen molar-refractivity contribution in [3.63, 3.8) is 0 Å². The molecule has 0 spiro atoms. The van der Waals surface area contributed by atoms with Crippen LogP contribution in [0.4, 0.5) is 0 Å². The molecule has 0 bridgehead atoms. The minimum absolute atomic E-state index is 0.0167. The molecule has 2 heterocycles. The predicted molar refractivity (Wildman–Crippen MR) is 126 cm³/mol. The molecule has 0 radical (unpaired) electrons. The molecule has 1 amide bonds. The third kappa shape index (κ3) is 4.28. The Kier molecular flexibility index (Phi) is 6.23. The van der Waals surface area contributed by atoms with Gasteiger partial charge in [0.25, 0.3) is 0 Å². The predicted octanol–water partition coefficient (Wildman–Crippen LogP) is 5.31. The van der Waals surface area contributed by atoms with Crippen molar-refractivity contribution in [1.82, 2.24) is 25.1 Å². The third-order valence-electron chi connectivity index (χ3n) is 5.38. The van der Waals surface area contributed by atoms with E-state index in [4.69, 9.17) is 4.98 Å². The number of rotatable bonds is 7. The van der Waals surface area contributed by atoms with E-state index >= 15 is 0 Å². The summed E-state index contributed by atoms with van der Waals surface area (Å²) in [5, 5.41) is 13.2. The molecular formula is C24H27N5OS. The molecule has 2 aromatic heterocycles. The number of para-hydroxylation sites is 1. The number of hydrogen-bond acceptors (Lipinski definition) is 5. The van der Waals surface area contributed by atoms with Crippen LogP contribution >= 0.6 is 11.8 Å². The molecule has 7 heteroatoms. The summed E-state index contributed by atoms with van der Waals surface area (Å²) in [6.45, 7) is 8.26. The van der Waals surface area contributed by atoms with Crippen molar-refractivity contribution in [2.24, 2.45) is 0 Å². The van der Waals surface area contributed by atoms with Crippen LogP contribution in [0.1, 0.15) is 51.8 Å². The maximum atomic E-state index is 12.9. The number of thioether (sulfide) groups is 1. The number of nitrogens with one attached hydrogen (secondary N) is 1. The summed E-state index contributed by atoms with van der Waals surface area (Å²) in [7, 11) is 0. The zero-order valence-corrected chi connectivity index (χ0v) is 19.1. The first-order valence-corrected chi connectivity index (χ1v) is 11.5. The van der Waals surface area contributed by atoms with Crippen molar-refractivity contribution in [2.75, 3.05) is 0 Å². The summed E-state index contributed by atoms with van der Waals surface area (Å²) in [5.41, 5.74) is 3.78. The molecular weight excluding hydrogens is 406 g/mol. The summed E-state index contributed by atoms with van der Waals surface area (Å²) in [5.74, 6) is -0.0167. The van der Waals surface area contributed by atoms with E-state index in [0.29, 0.717) is 11.6 Å². The summed E-state index contributed by atoms with van der Waals surface area (Å²) in [6.07, 6.45) is 0.673. The Morgan fingerprint density at radius 1 is 1.03 bits per heavy atom. The maximum absolute atomic E-state index is 12.9. The van der Waals surface area contributed by atoms with Crippen LogP contribution in [-0.4, -0.2) is 30.9 Å². The zero-order valence-electron chi connectivity index (χ0n) is 18.2. The molecule has 31 heavy (non-hydrogen) atoms. The van der Waals surface area contributed by atoms with Gasteiger partial charge in [0, 0.05) is 11.4 Å². The number of nitrogens with zero attached hydrogens (tertiary/aromatic N) is 4. The third-order valence-corrected chi connectivity index (χ3v) is 6.60. The van der Waals surface area contributed by atoms with Gasteiger partial charge in [-0.15, -0.1) is 10.2 Å². The second-order valence-corrected chi connectivity index (χ2v) is 9.07. The molecule has 1 N–H and O–H groups in total. The van der Waals surface area contributed by atoms with Gasteiger partial charge in [0.1, 0.15) is 5.52 Å². The Balaban J connectivity index is 1.60. The number of hydrogen-bond donors (Lipinski definition) is 1. The van der Waals surface area contributed by atoms with Gasteiger partial charge < -0.3 is 9.88 Å². The lowest BCUT2D eigenvalue weighted by atomic mass is 10.1. The smallest absolute Gasteiger partial charge is 0.234 e. The summed E-state index contributed by atoms with van der Waals surface area (Å²) < 4.78 is 2.18. The molecule has 0 aliphatic heterocycles. The van der Waals surface area contributed by atoms with E-state index in [2.05, 4.69) is 40.0 Å². The number of aromatic nitrogens is 4. The van der Waals surface area contributed by atoms with Gasteiger partial charge in [-0.25, -0.2) is 4.98 Å².